The fraction of sp³-hybridized carbons (Fsp3) is 0.111. The lowest BCUT2D eigenvalue weighted by Gasteiger charge is -2.16. The van der Waals surface area contributed by atoms with Crippen molar-refractivity contribution in [1.29, 1.82) is 0 Å². The predicted molar refractivity (Wildman–Crippen MR) is 99.2 cm³/mol. The number of aromatic amines is 1. The molecule has 1 heterocycles. The minimum absolute atomic E-state index is 0.281. The summed E-state index contributed by atoms with van der Waals surface area (Å²) < 4.78 is 5.60. The molecule has 1 unspecified atom stereocenters. The van der Waals surface area contributed by atoms with Gasteiger partial charge in [0.2, 0.25) is 0 Å². The number of halogens is 2. The number of anilines is 1. The maximum atomic E-state index is 12.3. The van der Waals surface area contributed by atoms with E-state index in [1.807, 2.05) is 12.1 Å². The van der Waals surface area contributed by atoms with Gasteiger partial charge in [-0.15, -0.1) is 0 Å². The van der Waals surface area contributed by atoms with Gasteiger partial charge in [-0.1, -0.05) is 23.2 Å². The Morgan fingerprint density at radius 3 is 2.60 bits per heavy atom. The van der Waals surface area contributed by atoms with Crippen molar-refractivity contribution in [3.8, 4) is 17.1 Å². The van der Waals surface area contributed by atoms with Gasteiger partial charge in [-0.2, -0.15) is 0 Å². The number of nitrogens with one attached hydrogen (secondary N) is 2. The zero-order valence-corrected chi connectivity index (χ0v) is 14.8. The second-order valence-corrected chi connectivity index (χ2v) is 6.18. The Labute approximate surface area is 155 Å². The quantitative estimate of drug-likeness (QED) is 0.673. The number of rotatable bonds is 5. The molecule has 0 aliphatic carbocycles. The number of carbonyl (C=O) groups is 1. The van der Waals surface area contributed by atoms with Gasteiger partial charge in [-0.25, -0.2) is 4.98 Å². The fourth-order valence-electron chi connectivity index (χ4n) is 2.19. The number of benzene rings is 2. The molecule has 3 rings (SSSR count). The molecule has 0 bridgehead atoms. The van der Waals surface area contributed by atoms with Gasteiger partial charge in [-0.3, -0.25) is 4.79 Å². The van der Waals surface area contributed by atoms with E-state index < -0.39 is 6.10 Å². The number of imidazole rings is 1. The molecule has 1 amide bonds. The van der Waals surface area contributed by atoms with E-state index in [0.29, 0.717) is 21.5 Å². The molecule has 0 saturated carbocycles. The van der Waals surface area contributed by atoms with E-state index in [1.54, 1.807) is 49.6 Å². The lowest BCUT2D eigenvalue weighted by Crippen LogP contribution is -2.30. The molecular formula is C18H15Cl2N3O2. The van der Waals surface area contributed by atoms with Crippen molar-refractivity contribution in [2.75, 3.05) is 5.32 Å². The predicted octanol–water partition coefficient (Wildman–Crippen LogP) is 4.79. The van der Waals surface area contributed by atoms with Crippen LogP contribution in [-0.4, -0.2) is 22.0 Å². The lowest BCUT2D eigenvalue weighted by atomic mass is 10.2. The summed E-state index contributed by atoms with van der Waals surface area (Å²) in [4.78, 5) is 19.5. The van der Waals surface area contributed by atoms with Gasteiger partial charge in [0.1, 0.15) is 11.6 Å². The van der Waals surface area contributed by atoms with E-state index in [1.165, 1.54) is 0 Å². The molecule has 0 fully saturated rings. The summed E-state index contributed by atoms with van der Waals surface area (Å²) in [5.74, 6) is 0.894. The Balaban J connectivity index is 1.63. The molecular weight excluding hydrogens is 361 g/mol. The monoisotopic (exact) mass is 375 g/mol. The average Bonchev–Trinajstić information content (AvgIpc) is 3.12. The van der Waals surface area contributed by atoms with Gasteiger partial charge < -0.3 is 15.0 Å². The van der Waals surface area contributed by atoms with Gasteiger partial charge in [0.25, 0.3) is 5.91 Å². The highest BCUT2D eigenvalue weighted by molar-refractivity contribution is 6.35. The average molecular weight is 376 g/mol. The molecule has 0 aliphatic rings. The number of amides is 1. The van der Waals surface area contributed by atoms with Crippen LogP contribution in [0.25, 0.3) is 11.4 Å². The van der Waals surface area contributed by atoms with Gasteiger partial charge in [-0.05, 0) is 49.4 Å². The van der Waals surface area contributed by atoms with Crippen molar-refractivity contribution >= 4 is 34.8 Å². The topological polar surface area (TPSA) is 67.0 Å². The third kappa shape index (κ3) is 4.32. The van der Waals surface area contributed by atoms with Crippen molar-refractivity contribution in [2.45, 2.75) is 13.0 Å². The highest BCUT2D eigenvalue weighted by atomic mass is 35.5. The number of ether oxygens (including phenoxy) is 1. The Morgan fingerprint density at radius 1 is 1.20 bits per heavy atom. The lowest BCUT2D eigenvalue weighted by molar-refractivity contribution is -0.122. The van der Waals surface area contributed by atoms with Crippen molar-refractivity contribution in [1.82, 2.24) is 9.97 Å². The molecule has 25 heavy (non-hydrogen) atoms. The summed E-state index contributed by atoms with van der Waals surface area (Å²) in [5, 5.41) is 3.66. The fourth-order valence-corrected chi connectivity index (χ4v) is 2.65. The van der Waals surface area contributed by atoms with E-state index in [2.05, 4.69) is 15.3 Å². The van der Waals surface area contributed by atoms with Crippen LogP contribution in [0.4, 0.5) is 5.69 Å². The summed E-state index contributed by atoms with van der Waals surface area (Å²) in [7, 11) is 0. The van der Waals surface area contributed by atoms with Crippen LogP contribution in [-0.2, 0) is 4.79 Å². The van der Waals surface area contributed by atoms with Gasteiger partial charge in [0.15, 0.2) is 6.10 Å². The minimum atomic E-state index is -0.719. The zero-order chi connectivity index (χ0) is 17.8. The smallest absolute Gasteiger partial charge is 0.265 e. The first-order valence-electron chi connectivity index (χ1n) is 7.55. The summed E-state index contributed by atoms with van der Waals surface area (Å²) in [5.41, 5.74) is 1.60. The van der Waals surface area contributed by atoms with Gasteiger partial charge in [0.05, 0.1) is 5.02 Å². The van der Waals surface area contributed by atoms with Crippen LogP contribution < -0.4 is 10.1 Å². The minimum Gasteiger partial charge on any atom is -0.479 e. The largest absolute Gasteiger partial charge is 0.479 e. The van der Waals surface area contributed by atoms with Crippen LogP contribution >= 0.6 is 23.2 Å². The van der Waals surface area contributed by atoms with Crippen LogP contribution in [0.3, 0.4) is 0 Å². The zero-order valence-electron chi connectivity index (χ0n) is 13.3. The summed E-state index contributed by atoms with van der Waals surface area (Å²) in [6.45, 7) is 1.65. The first-order chi connectivity index (χ1) is 12.0. The standard InChI is InChI=1S/C18H15Cl2N3O2/c1-11(25-16-7-4-13(19)10-15(16)20)18(24)23-14-5-2-12(3-6-14)17-21-8-9-22-17/h2-11H,1H3,(H,21,22)(H,23,24). The van der Waals surface area contributed by atoms with Crippen LogP contribution in [0.1, 0.15) is 6.92 Å². The first-order valence-corrected chi connectivity index (χ1v) is 8.31. The number of carbonyl (C=O) groups excluding carboxylic acids is 1. The molecule has 0 spiro atoms. The number of aromatic nitrogens is 2. The number of hydrogen-bond acceptors (Lipinski definition) is 3. The molecule has 0 saturated heterocycles. The van der Waals surface area contributed by atoms with Gasteiger partial charge in [0, 0.05) is 28.7 Å². The highest BCUT2D eigenvalue weighted by Gasteiger charge is 2.16. The molecule has 3 aromatic rings. The molecule has 2 aromatic carbocycles. The number of hydrogen-bond donors (Lipinski definition) is 2. The molecule has 5 nitrogen and oxygen atoms in total. The van der Waals surface area contributed by atoms with E-state index in [-0.39, 0.29) is 5.91 Å². The number of H-pyrrole nitrogens is 1. The molecule has 1 aromatic heterocycles. The third-order valence-corrected chi connectivity index (χ3v) is 4.02. The van der Waals surface area contributed by atoms with Crippen molar-refractivity contribution in [3.05, 3.63) is 64.9 Å². The normalized spacial score (nSPS) is 11.8. The summed E-state index contributed by atoms with van der Waals surface area (Å²) in [6, 6.07) is 12.2. The van der Waals surface area contributed by atoms with Crippen molar-refractivity contribution < 1.29 is 9.53 Å². The second-order valence-electron chi connectivity index (χ2n) is 5.34. The van der Waals surface area contributed by atoms with Crippen molar-refractivity contribution in [3.63, 3.8) is 0 Å². The Hall–Kier alpha value is -2.50. The number of nitrogens with zero attached hydrogens (tertiary/aromatic N) is 1. The SMILES string of the molecule is CC(Oc1ccc(Cl)cc1Cl)C(=O)Nc1ccc(-c2ncc[nH]2)cc1. The maximum Gasteiger partial charge on any atom is 0.265 e. The van der Waals surface area contributed by atoms with Crippen LogP contribution in [0.5, 0.6) is 5.75 Å². The van der Waals surface area contributed by atoms with E-state index in [0.717, 1.165) is 11.4 Å². The Bertz CT molecular complexity index is 865. The molecule has 1 atom stereocenters. The van der Waals surface area contributed by atoms with Crippen LogP contribution in [0.2, 0.25) is 10.0 Å². The van der Waals surface area contributed by atoms with Crippen molar-refractivity contribution in [2.24, 2.45) is 0 Å². The molecule has 7 heteroatoms. The highest BCUT2D eigenvalue weighted by Crippen LogP contribution is 2.28. The van der Waals surface area contributed by atoms with Gasteiger partial charge >= 0.3 is 0 Å². The summed E-state index contributed by atoms with van der Waals surface area (Å²) >= 11 is 11.9. The third-order valence-electron chi connectivity index (χ3n) is 3.49. The Kier molecular flexibility index (Phi) is 5.26. The molecule has 0 aliphatic heterocycles. The molecule has 128 valence electrons. The van der Waals surface area contributed by atoms with E-state index in [9.17, 15) is 4.79 Å². The van der Waals surface area contributed by atoms with E-state index in [4.69, 9.17) is 27.9 Å². The first kappa shape index (κ1) is 17.3. The van der Waals surface area contributed by atoms with Crippen LogP contribution in [0.15, 0.2) is 54.9 Å². The summed E-state index contributed by atoms with van der Waals surface area (Å²) in [6.07, 6.45) is 2.72. The molecule has 0 radical (unpaired) electrons. The molecule has 2 N–H and O–H groups in total. The second kappa shape index (κ2) is 7.59. The van der Waals surface area contributed by atoms with E-state index >= 15 is 0 Å². The van der Waals surface area contributed by atoms with Crippen LogP contribution in [0, 0.1) is 0 Å². The maximum absolute atomic E-state index is 12.3. The Morgan fingerprint density at radius 2 is 1.96 bits per heavy atom.